The van der Waals surface area contributed by atoms with E-state index in [9.17, 15) is 8.42 Å². The Kier molecular flexibility index (Phi) is 5.03. The summed E-state index contributed by atoms with van der Waals surface area (Å²) in [5.74, 6) is 0. The first-order valence-corrected chi connectivity index (χ1v) is 8.94. The molecule has 1 aromatic carbocycles. The molecule has 0 saturated carbocycles. The minimum Gasteiger partial charge on any atom is -0.211 e. The van der Waals surface area contributed by atoms with Gasteiger partial charge in [-0.15, -0.1) is 11.3 Å². The standard InChI is InChI=1S/C12H11BrClNO2S2/c13-9-1-4-11(5-2-9)19(16,17)15-8-7-10-3-6-12(14)18-10/h1-6,15H,7-8H2. The Labute approximate surface area is 129 Å². The molecule has 1 heterocycles. The molecule has 1 aromatic heterocycles. The van der Waals surface area contributed by atoms with E-state index < -0.39 is 10.0 Å². The Morgan fingerprint density at radius 3 is 2.42 bits per heavy atom. The van der Waals surface area contributed by atoms with E-state index >= 15 is 0 Å². The lowest BCUT2D eigenvalue weighted by Gasteiger charge is -2.06. The fraction of sp³-hybridized carbons (Fsp3) is 0.167. The van der Waals surface area contributed by atoms with E-state index in [-0.39, 0.29) is 4.90 Å². The molecule has 0 aliphatic heterocycles. The SMILES string of the molecule is O=S(=O)(NCCc1ccc(Cl)s1)c1ccc(Br)cc1. The first kappa shape index (κ1) is 15.0. The summed E-state index contributed by atoms with van der Waals surface area (Å²) >= 11 is 10.5. The maximum Gasteiger partial charge on any atom is 0.240 e. The highest BCUT2D eigenvalue weighted by Gasteiger charge is 2.13. The van der Waals surface area contributed by atoms with Crippen LogP contribution in [-0.4, -0.2) is 15.0 Å². The molecule has 0 aliphatic rings. The monoisotopic (exact) mass is 379 g/mol. The average molecular weight is 381 g/mol. The van der Waals surface area contributed by atoms with E-state index in [1.165, 1.54) is 11.3 Å². The zero-order valence-corrected chi connectivity index (χ0v) is 13.7. The highest BCUT2D eigenvalue weighted by Crippen LogP contribution is 2.21. The van der Waals surface area contributed by atoms with Crippen LogP contribution in [0.15, 0.2) is 45.8 Å². The van der Waals surface area contributed by atoms with Gasteiger partial charge in [-0.25, -0.2) is 13.1 Å². The summed E-state index contributed by atoms with van der Waals surface area (Å²) in [4.78, 5) is 1.32. The van der Waals surface area contributed by atoms with Gasteiger partial charge in [0.05, 0.1) is 9.23 Å². The van der Waals surface area contributed by atoms with Crippen LogP contribution in [0.2, 0.25) is 4.34 Å². The van der Waals surface area contributed by atoms with Gasteiger partial charge in [-0.1, -0.05) is 27.5 Å². The van der Waals surface area contributed by atoms with Crippen LogP contribution in [0.25, 0.3) is 0 Å². The molecule has 0 amide bonds. The average Bonchev–Trinajstić information content (AvgIpc) is 2.75. The van der Waals surface area contributed by atoms with Crippen molar-refractivity contribution in [3.05, 3.63) is 50.1 Å². The van der Waals surface area contributed by atoms with Gasteiger partial charge in [0.1, 0.15) is 0 Å². The van der Waals surface area contributed by atoms with Crippen LogP contribution in [0, 0.1) is 0 Å². The molecule has 102 valence electrons. The third-order valence-electron chi connectivity index (χ3n) is 2.42. The van der Waals surface area contributed by atoms with E-state index in [1.807, 2.05) is 12.1 Å². The van der Waals surface area contributed by atoms with Gasteiger partial charge in [-0.05, 0) is 42.8 Å². The predicted molar refractivity (Wildman–Crippen MR) is 82.4 cm³/mol. The summed E-state index contributed by atoms with van der Waals surface area (Å²) in [6.07, 6.45) is 0.632. The molecule has 0 radical (unpaired) electrons. The number of benzene rings is 1. The number of hydrogen-bond acceptors (Lipinski definition) is 3. The molecule has 0 fully saturated rings. The minimum atomic E-state index is -3.44. The normalized spacial score (nSPS) is 11.7. The van der Waals surface area contributed by atoms with Gasteiger partial charge in [-0.2, -0.15) is 0 Å². The molecule has 0 bridgehead atoms. The van der Waals surface area contributed by atoms with Crippen LogP contribution in [-0.2, 0) is 16.4 Å². The maximum atomic E-state index is 12.0. The van der Waals surface area contributed by atoms with Gasteiger partial charge < -0.3 is 0 Å². The molecular weight excluding hydrogens is 370 g/mol. The van der Waals surface area contributed by atoms with Crippen LogP contribution in [0.5, 0.6) is 0 Å². The third-order valence-corrected chi connectivity index (χ3v) is 5.71. The molecule has 19 heavy (non-hydrogen) atoms. The van der Waals surface area contributed by atoms with E-state index in [0.717, 1.165) is 9.35 Å². The van der Waals surface area contributed by atoms with E-state index in [1.54, 1.807) is 24.3 Å². The molecule has 1 N–H and O–H groups in total. The van der Waals surface area contributed by atoms with Crippen molar-refractivity contribution in [3.8, 4) is 0 Å². The van der Waals surface area contributed by atoms with Crippen molar-refractivity contribution in [2.24, 2.45) is 0 Å². The Bertz CT molecular complexity index is 653. The minimum absolute atomic E-state index is 0.264. The molecule has 0 saturated heterocycles. The quantitative estimate of drug-likeness (QED) is 0.860. The number of hydrogen-bond donors (Lipinski definition) is 1. The third kappa shape index (κ3) is 4.29. The van der Waals surface area contributed by atoms with Gasteiger partial charge in [0.15, 0.2) is 0 Å². The Hall–Kier alpha value is -0.400. The largest absolute Gasteiger partial charge is 0.240 e. The predicted octanol–water partition coefficient (Wildman–Crippen LogP) is 3.69. The zero-order chi connectivity index (χ0) is 13.9. The van der Waals surface area contributed by atoms with Crippen molar-refractivity contribution < 1.29 is 8.42 Å². The molecule has 2 rings (SSSR count). The van der Waals surface area contributed by atoms with Crippen molar-refractivity contribution >= 4 is 48.9 Å². The number of sulfonamides is 1. The topological polar surface area (TPSA) is 46.2 Å². The van der Waals surface area contributed by atoms with Gasteiger partial charge in [0.2, 0.25) is 10.0 Å². The molecule has 0 atom stereocenters. The fourth-order valence-electron chi connectivity index (χ4n) is 1.49. The molecule has 0 unspecified atom stereocenters. The fourth-order valence-corrected chi connectivity index (χ4v) is 3.88. The van der Waals surface area contributed by atoms with Crippen LogP contribution in [0.1, 0.15) is 4.88 Å². The molecule has 2 aromatic rings. The molecular formula is C12H11BrClNO2S2. The first-order valence-electron chi connectivity index (χ1n) is 5.47. The number of thiophene rings is 1. The highest BCUT2D eigenvalue weighted by molar-refractivity contribution is 9.10. The lowest BCUT2D eigenvalue weighted by Crippen LogP contribution is -2.25. The van der Waals surface area contributed by atoms with Crippen LogP contribution >= 0.6 is 38.9 Å². The van der Waals surface area contributed by atoms with Gasteiger partial charge in [-0.3, -0.25) is 0 Å². The first-order chi connectivity index (χ1) is 8.97. The van der Waals surface area contributed by atoms with E-state index in [0.29, 0.717) is 17.3 Å². The van der Waals surface area contributed by atoms with Crippen LogP contribution < -0.4 is 4.72 Å². The Morgan fingerprint density at radius 1 is 1.16 bits per heavy atom. The van der Waals surface area contributed by atoms with Gasteiger partial charge in [0, 0.05) is 15.9 Å². The van der Waals surface area contributed by atoms with Crippen LogP contribution in [0.4, 0.5) is 0 Å². The molecule has 0 spiro atoms. The van der Waals surface area contributed by atoms with Gasteiger partial charge in [0.25, 0.3) is 0 Å². The van der Waals surface area contributed by atoms with E-state index in [4.69, 9.17) is 11.6 Å². The van der Waals surface area contributed by atoms with E-state index in [2.05, 4.69) is 20.7 Å². The Balaban J connectivity index is 1.96. The lowest BCUT2D eigenvalue weighted by molar-refractivity contribution is 0.582. The van der Waals surface area contributed by atoms with Crippen molar-refractivity contribution in [2.75, 3.05) is 6.54 Å². The number of halogens is 2. The summed E-state index contributed by atoms with van der Waals surface area (Å²) in [5.41, 5.74) is 0. The number of nitrogens with one attached hydrogen (secondary N) is 1. The molecule has 0 aliphatic carbocycles. The highest BCUT2D eigenvalue weighted by atomic mass is 79.9. The zero-order valence-electron chi connectivity index (χ0n) is 9.77. The summed E-state index contributed by atoms with van der Waals surface area (Å²) < 4.78 is 28.1. The summed E-state index contributed by atoms with van der Waals surface area (Å²) in [7, 11) is -3.44. The van der Waals surface area contributed by atoms with Crippen molar-refractivity contribution in [1.82, 2.24) is 4.72 Å². The summed E-state index contributed by atoms with van der Waals surface area (Å²) in [6, 6.07) is 10.2. The summed E-state index contributed by atoms with van der Waals surface area (Å²) in [6.45, 7) is 0.356. The lowest BCUT2D eigenvalue weighted by atomic mass is 10.3. The maximum absolute atomic E-state index is 12.0. The van der Waals surface area contributed by atoms with Crippen molar-refractivity contribution in [1.29, 1.82) is 0 Å². The van der Waals surface area contributed by atoms with Crippen molar-refractivity contribution in [3.63, 3.8) is 0 Å². The number of rotatable bonds is 5. The summed E-state index contributed by atoms with van der Waals surface area (Å²) in [5, 5.41) is 0. The molecule has 7 heteroatoms. The molecule has 3 nitrogen and oxygen atoms in total. The Morgan fingerprint density at radius 2 is 1.84 bits per heavy atom. The second kappa shape index (κ2) is 6.37. The second-order valence-electron chi connectivity index (χ2n) is 3.81. The van der Waals surface area contributed by atoms with Crippen molar-refractivity contribution in [2.45, 2.75) is 11.3 Å². The second-order valence-corrected chi connectivity index (χ2v) is 8.29. The smallest absolute Gasteiger partial charge is 0.211 e. The van der Waals surface area contributed by atoms with Gasteiger partial charge >= 0.3 is 0 Å². The van der Waals surface area contributed by atoms with Crippen LogP contribution in [0.3, 0.4) is 0 Å².